The van der Waals surface area contributed by atoms with Crippen LogP contribution >= 0.6 is 11.8 Å². The van der Waals surface area contributed by atoms with Gasteiger partial charge in [0.25, 0.3) is 0 Å². The van der Waals surface area contributed by atoms with Crippen LogP contribution in [0, 0.1) is 17.6 Å². The lowest BCUT2D eigenvalue weighted by molar-refractivity contribution is -0.114. The second-order valence-corrected chi connectivity index (χ2v) is 7.88. The third-order valence-corrected chi connectivity index (χ3v) is 5.89. The first-order valence-electron chi connectivity index (χ1n) is 8.65. The second-order valence-electron chi connectivity index (χ2n) is 6.84. The van der Waals surface area contributed by atoms with Crippen molar-refractivity contribution >= 4 is 34.5 Å². The monoisotopic (exact) mass is 404 g/mol. The molecule has 1 amide bonds. The van der Waals surface area contributed by atoms with Crippen molar-refractivity contribution in [3.8, 4) is 0 Å². The van der Waals surface area contributed by atoms with E-state index in [1.54, 1.807) is 6.07 Å². The van der Waals surface area contributed by atoms with Crippen LogP contribution in [0.5, 0.6) is 0 Å². The maximum atomic E-state index is 14.9. The first-order chi connectivity index (χ1) is 13.4. The largest absolute Gasteiger partial charge is 0.379 e. The van der Waals surface area contributed by atoms with E-state index in [1.165, 1.54) is 30.8 Å². The molecule has 2 aliphatic heterocycles. The summed E-state index contributed by atoms with van der Waals surface area (Å²) in [5, 5.41) is 3.06. The molecule has 28 heavy (non-hydrogen) atoms. The van der Waals surface area contributed by atoms with Gasteiger partial charge in [-0.25, -0.2) is 23.7 Å². The molecule has 2 atom stereocenters. The van der Waals surface area contributed by atoms with Gasteiger partial charge in [-0.1, -0.05) is 11.8 Å². The number of carbonyl (C=O) groups excluding carboxylic acids is 1. The average molecular weight is 404 g/mol. The van der Waals surface area contributed by atoms with Crippen molar-refractivity contribution in [3.63, 3.8) is 0 Å². The highest BCUT2D eigenvalue weighted by Crippen LogP contribution is 2.47. The number of anilines is 2. The zero-order chi connectivity index (χ0) is 19.9. The number of amidine groups is 1. The molecule has 10 heteroatoms. The second kappa shape index (κ2) is 7.01. The highest BCUT2D eigenvalue weighted by atomic mass is 32.2. The molecule has 0 aliphatic carbocycles. The Morgan fingerprint density at radius 1 is 1.36 bits per heavy atom. The molecule has 1 fully saturated rings. The fraction of sp³-hybridized carbons (Fsp3) is 0.333. The van der Waals surface area contributed by atoms with Crippen molar-refractivity contribution in [2.75, 3.05) is 29.1 Å². The molecule has 2 aromatic rings. The molecular weight excluding hydrogens is 386 g/mol. The van der Waals surface area contributed by atoms with Crippen molar-refractivity contribution in [2.24, 2.45) is 16.6 Å². The zero-order valence-electron chi connectivity index (χ0n) is 15.0. The standard InChI is InChI=1S/C18H18F2N6OS/c1-10(27)24-13-2-3-15(20)14(4-13)18-9-26(17-22-5-12(19)6-23-17)7-11(18)8-28-16(21)25-18/h2-6,11H,7-9H2,1H3,(H2,21,25)(H,24,27)/t11-,18-/m0/s1. The quantitative estimate of drug-likeness (QED) is 0.813. The van der Waals surface area contributed by atoms with Gasteiger partial charge in [-0.3, -0.25) is 4.79 Å². The number of carbonyl (C=O) groups is 1. The minimum atomic E-state index is -0.939. The van der Waals surface area contributed by atoms with E-state index in [9.17, 15) is 13.6 Å². The van der Waals surface area contributed by atoms with Gasteiger partial charge in [0.15, 0.2) is 11.0 Å². The lowest BCUT2D eigenvalue weighted by atomic mass is 9.81. The number of rotatable bonds is 3. The summed E-state index contributed by atoms with van der Waals surface area (Å²) in [5.41, 5.74) is 5.91. The Labute approximate surface area is 164 Å². The van der Waals surface area contributed by atoms with Crippen molar-refractivity contribution in [2.45, 2.75) is 12.5 Å². The molecular formula is C18H18F2N6OS. The van der Waals surface area contributed by atoms with Crippen LogP contribution in [0.25, 0.3) is 0 Å². The molecule has 0 unspecified atom stereocenters. The van der Waals surface area contributed by atoms with E-state index in [-0.39, 0.29) is 11.8 Å². The van der Waals surface area contributed by atoms with Crippen LogP contribution in [-0.4, -0.2) is 39.9 Å². The molecule has 1 saturated heterocycles. The molecule has 4 rings (SSSR count). The van der Waals surface area contributed by atoms with E-state index in [1.807, 2.05) is 4.90 Å². The Morgan fingerprint density at radius 2 is 2.11 bits per heavy atom. The molecule has 0 spiro atoms. The smallest absolute Gasteiger partial charge is 0.225 e. The maximum absolute atomic E-state index is 14.9. The van der Waals surface area contributed by atoms with Gasteiger partial charge < -0.3 is 16.0 Å². The number of nitrogens with zero attached hydrogens (tertiary/aromatic N) is 4. The number of hydrogen-bond donors (Lipinski definition) is 2. The number of thioether (sulfide) groups is 1. The normalized spacial score (nSPS) is 23.9. The Morgan fingerprint density at radius 3 is 2.82 bits per heavy atom. The van der Waals surface area contributed by atoms with E-state index in [2.05, 4.69) is 20.3 Å². The number of nitrogens with one attached hydrogen (secondary N) is 1. The predicted molar refractivity (Wildman–Crippen MR) is 104 cm³/mol. The maximum Gasteiger partial charge on any atom is 0.225 e. The Bertz CT molecular complexity index is 954. The number of fused-ring (bicyclic) bond motifs is 1. The summed E-state index contributed by atoms with van der Waals surface area (Å²) in [5.74, 6) is -0.252. The van der Waals surface area contributed by atoms with Gasteiger partial charge in [0.05, 0.1) is 18.9 Å². The fourth-order valence-electron chi connectivity index (χ4n) is 3.76. The number of benzene rings is 1. The number of aromatic nitrogens is 2. The predicted octanol–water partition coefficient (Wildman–Crippen LogP) is 2.11. The van der Waals surface area contributed by atoms with Crippen molar-refractivity contribution < 1.29 is 13.6 Å². The van der Waals surface area contributed by atoms with Crippen LogP contribution in [-0.2, 0) is 10.3 Å². The number of amides is 1. The first-order valence-corrected chi connectivity index (χ1v) is 9.64. The van der Waals surface area contributed by atoms with Gasteiger partial charge in [-0.2, -0.15) is 0 Å². The molecule has 1 aromatic carbocycles. The van der Waals surface area contributed by atoms with Crippen LogP contribution in [0.4, 0.5) is 20.4 Å². The van der Waals surface area contributed by atoms with Crippen molar-refractivity contribution in [1.82, 2.24) is 9.97 Å². The minimum absolute atomic E-state index is 0.0551. The van der Waals surface area contributed by atoms with Crippen molar-refractivity contribution in [3.05, 3.63) is 47.8 Å². The summed E-state index contributed by atoms with van der Waals surface area (Å²) < 4.78 is 28.1. The van der Waals surface area contributed by atoms with Crippen molar-refractivity contribution in [1.29, 1.82) is 0 Å². The first kappa shape index (κ1) is 18.6. The van der Waals surface area contributed by atoms with E-state index >= 15 is 0 Å². The summed E-state index contributed by atoms with van der Waals surface area (Å²) in [4.78, 5) is 26.0. The average Bonchev–Trinajstić information content (AvgIpc) is 3.03. The topological polar surface area (TPSA) is 96.5 Å². The van der Waals surface area contributed by atoms with Crippen LogP contribution in [0.15, 0.2) is 35.6 Å². The van der Waals surface area contributed by atoms with Gasteiger partial charge in [0, 0.05) is 36.4 Å². The van der Waals surface area contributed by atoms with Gasteiger partial charge in [-0.15, -0.1) is 0 Å². The van der Waals surface area contributed by atoms with Crippen LogP contribution < -0.4 is 16.0 Å². The van der Waals surface area contributed by atoms with Gasteiger partial charge >= 0.3 is 0 Å². The molecule has 3 N–H and O–H groups in total. The summed E-state index contributed by atoms with van der Waals surface area (Å²) in [6.07, 6.45) is 2.20. The summed E-state index contributed by atoms with van der Waals surface area (Å²) in [6.45, 7) is 2.21. The van der Waals surface area contributed by atoms with E-state index < -0.39 is 17.2 Å². The molecule has 2 aliphatic rings. The highest BCUT2D eigenvalue weighted by molar-refractivity contribution is 8.13. The lowest BCUT2D eigenvalue weighted by Gasteiger charge is -2.35. The Balaban J connectivity index is 1.78. The highest BCUT2D eigenvalue weighted by Gasteiger charge is 2.52. The van der Waals surface area contributed by atoms with E-state index in [0.29, 0.717) is 41.2 Å². The number of nitrogens with two attached hydrogens (primary N) is 1. The third kappa shape index (κ3) is 3.28. The van der Waals surface area contributed by atoms with Gasteiger partial charge in [-0.05, 0) is 18.2 Å². The number of halogens is 2. The summed E-state index contributed by atoms with van der Waals surface area (Å²) in [6, 6.07) is 4.43. The Kier molecular flexibility index (Phi) is 4.66. The lowest BCUT2D eigenvalue weighted by Crippen LogP contribution is -2.40. The van der Waals surface area contributed by atoms with Crippen LogP contribution in [0.2, 0.25) is 0 Å². The third-order valence-electron chi connectivity index (χ3n) is 4.93. The van der Waals surface area contributed by atoms with Crippen LogP contribution in [0.3, 0.4) is 0 Å². The van der Waals surface area contributed by atoms with E-state index in [4.69, 9.17) is 5.73 Å². The summed E-state index contributed by atoms with van der Waals surface area (Å²) in [7, 11) is 0. The number of hydrogen-bond acceptors (Lipinski definition) is 7. The fourth-order valence-corrected chi connectivity index (χ4v) is 4.74. The molecule has 7 nitrogen and oxygen atoms in total. The summed E-state index contributed by atoms with van der Waals surface area (Å²) >= 11 is 1.42. The van der Waals surface area contributed by atoms with Gasteiger partial charge in [0.1, 0.15) is 11.4 Å². The van der Waals surface area contributed by atoms with E-state index in [0.717, 1.165) is 12.4 Å². The zero-order valence-corrected chi connectivity index (χ0v) is 15.8. The molecule has 0 saturated carbocycles. The molecule has 146 valence electrons. The van der Waals surface area contributed by atoms with Gasteiger partial charge in [0.2, 0.25) is 11.9 Å². The van der Waals surface area contributed by atoms with Crippen LogP contribution in [0.1, 0.15) is 12.5 Å². The molecule has 1 aromatic heterocycles. The minimum Gasteiger partial charge on any atom is -0.379 e. The SMILES string of the molecule is CC(=O)Nc1ccc(F)c([C@]23CN(c4ncc(F)cn4)C[C@H]2CSC(N)=N3)c1. The Hall–Kier alpha value is -2.75. The molecule has 3 heterocycles. The molecule has 0 bridgehead atoms. The number of aliphatic imine (C=N–C) groups is 1. The molecule has 0 radical (unpaired) electrons.